The molecule has 0 aromatic heterocycles. The summed E-state index contributed by atoms with van der Waals surface area (Å²) < 4.78 is 0. The topological polar surface area (TPSA) is 26.0 Å². The quantitative estimate of drug-likeness (QED) is 0.606. The van der Waals surface area contributed by atoms with Gasteiger partial charge in [0.15, 0.2) is 0 Å². The third-order valence-corrected chi connectivity index (χ3v) is 2.46. The van der Waals surface area contributed by atoms with Crippen LogP contribution in [-0.2, 0) is 0 Å². The van der Waals surface area contributed by atoms with Crippen molar-refractivity contribution in [2.75, 3.05) is 0 Å². The van der Waals surface area contributed by atoms with Gasteiger partial charge in [-0.2, -0.15) is 0 Å². The summed E-state index contributed by atoms with van der Waals surface area (Å²) in [6, 6.07) is 0.466. The number of hydrogen-bond donors (Lipinski definition) is 1. The molecule has 0 amide bonds. The van der Waals surface area contributed by atoms with E-state index in [0.717, 1.165) is 5.92 Å². The molecule has 0 aliphatic heterocycles. The largest absolute Gasteiger partial charge is 0.328 e. The monoisotopic (exact) mass is 153 g/mol. The smallest absolute Gasteiger partial charge is 0.00415 e. The van der Waals surface area contributed by atoms with Crippen LogP contribution in [0.25, 0.3) is 0 Å². The van der Waals surface area contributed by atoms with Crippen molar-refractivity contribution in [3.05, 3.63) is 12.2 Å². The van der Waals surface area contributed by atoms with Gasteiger partial charge in [0.1, 0.15) is 0 Å². The van der Waals surface area contributed by atoms with Gasteiger partial charge in [-0.1, -0.05) is 18.4 Å². The first kappa shape index (κ1) is 8.79. The highest BCUT2D eigenvalue weighted by atomic mass is 14.6. The lowest BCUT2D eigenvalue weighted by atomic mass is 9.83. The van der Waals surface area contributed by atoms with E-state index >= 15 is 0 Å². The zero-order chi connectivity index (χ0) is 8.27. The third-order valence-electron chi connectivity index (χ3n) is 2.46. The van der Waals surface area contributed by atoms with Crippen molar-refractivity contribution < 1.29 is 0 Å². The summed E-state index contributed by atoms with van der Waals surface area (Å²) in [5, 5.41) is 0. The highest BCUT2D eigenvalue weighted by Gasteiger charge is 2.18. The standard InChI is InChI=1S/C10H19N/c1-8(2)6-9-4-3-5-10(11)7-9/h9-10H,1,3-7,11H2,2H3. The lowest BCUT2D eigenvalue weighted by molar-refractivity contribution is 0.320. The van der Waals surface area contributed by atoms with Crippen molar-refractivity contribution in [1.82, 2.24) is 0 Å². The van der Waals surface area contributed by atoms with Crippen LogP contribution in [0, 0.1) is 5.92 Å². The summed E-state index contributed by atoms with van der Waals surface area (Å²) in [5.74, 6) is 0.830. The normalized spacial score (nSPS) is 31.8. The molecule has 0 spiro atoms. The number of rotatable bonds is 2. The van der Waals surface area contributed by atoms with E-state index in [4.69, 9.17) is 5.73 Å². The molecule has 1 rings (SSSR count). The van der Waals surface area contributed by atoms with Gasteiger partial charge < -0.3 is 5.73 Å². The van der Waals surface area contributed by atoms with Gasteiger partial charge >= 0.3 is 0 Å². The fourth-order valence-electron chi connectivity index (χ4n) is 2.01. The van der Waals surface area contributed by atoms with Gasteiger partial charge in [0.2, 0.25) is 0 Å². The molecule has 2 N–H and O–H groups in total. The predicted molar refractivity (Wildman–Crippen MR) is 49.4 cm³/mol. The molecule has 0 heterocycles. The lowest BCUT2D eigenvalue weighted by Crippen LogP contribution is -2.27. The predicted octanol–water partition coefficient (Wildman–Crippen LogP) is 2.47. The van der Waals surface area contributed by atoms with Gasteiger partial charge in [0.05, 0.1) is 0 Å². The lowest BCUT2D eigenvalue weighted by Gasteiger charge is -2.26. The molecular weight excluding hydrogens is 134 g/mol. The zero-order valence-electron chi connectivity index (χ0n) is 7.47. The Morgan fingerprint density at radius 1 is 1.55 bits per heavy atom. The first-order valence-electron chi connectivity index (χ1n) is 4.58. The third kappa shape index (κ3) is 3.06. The Labute approximate surface area is 69.7 Å². The van der Waals surface area contributed by atoms with Crippen molar-refractivity contribution in [2.24, 2.45) is 11.7 Å². The number of hydrogen-bond acceptors (Lipinski definition) is 1. The fraction of sp³-hybridized carbons (Fsp3) is 0.800. The first-order chi connectivity index (χ1) is 5.18. The van der Waals surface area contributed by atoms with Crippen LogP contribution in [0.5, 0.6) is 0 Å². The zero-order valence-corrected chi connectivity index (χ0v) is 7.47. The molecule has 1 fully saturated rings. The van der Waals surface area contributed by atoms with Crippen molar-refractivity contribution in [3.8, 4) is 0 Å². The minimum Gasteiger partial charge on any atom is -0.328 e. The molecule has 1 saturated carbocycles. The van der Waals surface area contributed by atoms with Crippen LogP contribution in [-0.4, -0.2) is 6.04 Å². The Balaban J connectivity index is 2.28. The van der Waals surface area contributed by atoms with Crippen molar-refractivity contribution >= 4 is 0 Å². The van der Waals surface area contributed by atoms with E-state index < -0.39 is 0 Å². The molecule has 0 bridgehead atoms. The fourth-order valence-corrected chi connectivity index (χ4v) is 2.01. The molecule has 1 aliphatic carbocycles. The van der Waals surface area contributed by atoms with Gasteiger partial charge in [0.25, 0.3) is 0 Å². The first-order valence-corrected chi connectivity index (χ1v) is 4.58. The Morgan fingerprint density at radius 3 is 2.82 bits per heavy atom. The Bertz CT molecular complexity index is 140. The van der Waals surface area contributed by atoms with Crippen LogP contribution < -0.4 is 5.73 Å². The van der Waals surface area contributed by atoms with Crippen molar-refractivity contribution in [2.45, 2.75) is 45.1 Å². The maximum absolute atomic E-state index is 5.87. The van der Waals surface area contributed by atoms with E-state index in [1.807, 2.05) is 0 Å². The Morgan fingerprint density at radius 2 is 2.27 bits per heavy atom. The molecule has 1 aliphatic rings. The summed E-state index contributed by atoms with van der Waals surface area (Å²) in [6.45, 7) is 6.04. The van der Waals surface area contributed by atoms with E-state index in [0.29, 0.717) is 6.04 Å². The number of allylic oxidation sites excluding steroid dienone is 1. The molecule has 1 heteroatoms. The Hall–Kier alpha value is -0.300. The summed E-state index contributed by atoms with van der Waals surface area (Å²) >= 11 is 0. The van der Waals surface area contributed by atoms with E-state index in [-0.39, 0.29) is 0 Å². The summed E-state index contributed by atoms with van der Waals surface area (Å²) in [5.41, 5.74) is 7.18. The van der Waals surface area contributed by atoms with Crippen LogP contribution >= 0.6 is 0 Å². The van der Waals surface area contributed by atoms with Gasteiger partial charge in [-0.15, -0.1) is 6.58 Å². The second-order valence-corrected chi connectivity index (χ2v) is 3.95. The summed E-state index contributed by atoms with van der Waals surface area (Å²) in [7, 11) is 0. The maximum Gasteiger partial charge on any atom is 0.00415 e. The number of nitrogens with two attached hydrogens (primary N) is 1. The van der Waals surface area contributed by atoms with Crippen LogP contribution in [0.1, 0.15) is 39.0 Å². The second-order valence-electron chi connectivity index (χ2n) is 3.95. The minimum absolute atomic E-state index is 0.466. The van der Waals surface area contributed by atoms with Crippen molar-refractivity contribution in [1.29, 1.82) is 0 Å². The summed E-state index contributed by atoms with van der Waals surface area (Å²) in [6.07, 6.45) is 6.31. The van der Waals surface area contributed by atoms with Gasteiger partial charge in [0, 0.05) is 6.04 Å². The molecule has 0 radical (unpaired) electrons. The van der Waals surface area contributed by atoms with Crippen LogP contribution in [0.4, 0.5) is 0 Å². The minimum atomic E-state index is 0.466. The molecule has 11 heavy (non-hydrogen) atoms. The maximum atomic E-state index is 5.87. The van der Waals surface area contributed by atoms with Gasteiger partial charge in [-0.3, -0.25) is 0 Å². The van der Waals surface area contributed by atoms with Crippen molar-refractivity contribution in [3.63, 3.8) is 0 Å². The average molecular weight is 153 g/mol. The van der Waals surface area contributed by atoms with E-state index in [9.17, 15) is 0 Å². The van der Waals surface area contributed by atoms with E-state index in [2.05, 4.69) is 13.5 Å². The molecule has 1 nitrogen and oxygen atoms in total. The highest BCUT2D eigenvalue weighted by Crippen LogP contribution is 2.27. The van der Waals surface area contributed by atoms with Gasteiger partial charge in [-0.25, -0.2) is 0 Å². The molecule has 0 aromatic carbocycles. The molecule has 0 aromatic rings. The molecule has 2 atom stereocenters. The van der Waals surface area contributed by atoms with E-state index in [1.165, 1.54) is 37.7 Å². The Kier molecular flexibility index (Phi) is 3.13. The van der Waals surface area contributed by atoms with Crippen LogP contribution in [0.3, 0.4) is 0 Å². The molecule has 2 unspecified atom stereocenters. The van der Waals surface area contributed by atoms with Gasteiger partial charge in [-0.05, 0) is 32.1 Å². The molecular formula is C10H19N. The average Bonchev–Trinajstić information content (AvgIpc) is 1.85. The SMILES string of the molecule is C=C(C)CC1CCCC(N)C1. The second kappa shape index (κ2) is 3.91. The van der Waals surface area contributed by atoms with Crippen LogP contribution in [0.2, 0.25) is 0 Å². The van der Waals surface area contributed by atoms with Crippen LogP contribution in [0.15, 0.2) is 12.2 Å². The molecule has 64 valence electrons. The summed E-state index contributed by atoms with van der Waals surface area (Å²) in [4.78, 5) is 0. The highest BCUT2D eigenvalue weighted by molar-refractivity contribution is 4.92. The molecule has 0 saturated heterocycles. The van der Waals surface area contributed by atoms with E-state index in [1.54, 1.807) is 0 Å².